The first kappa shape index (κ1) is 13.0. The maximum atomic E-state index is 11.0. The molecule has 0 atom stereocenters. The molecule has 0 fully saturated rings. The van der Waals surface area contributed by atoms with Crippen molar-refractivity contribution in [3.8, 4) is 0 Å². The number of nitrogens with one attached hydrogen (secondary N) is 1. The molecule has 0 unspecified atom stereocenters. The average molecular weight is 263 g/mol. The van der Waals surface area contributed by atoms with E-state index in [1.165, 1.54) is 17.4 Å². The number of pyridine rings is 1. The van der Waals surface area contributed by atoms with Crippen LogP contribution in [0.2, 0.25) is 0 Å². The van der Waals surface area contributed by atoms with Crippen LogP contribution >= 0.6 is 0 Å². The SMILES string of the molecule is CCOC1=CN(c2ccncc2[N+](=O)[O-])NCN=C1. The summed E-state index contributed by atoms with van der Waals surface area (Å²) < 4.78 is 5.36. The number of hydrogen-bond donors (Lipinski definition) is 1. The Morgan fingerprint density at radius 1 is 1.63 bits per heavy atom. The molecule has 100 valence electrons. The molecule has 1 N–H and O–H groups in total. The number of allylic oxidation sites excluding steroid dienone is 1. The summed E-state index contributed by atoms with van der Waals surface area (Å²) in [4.78, 5) is 18.3. The Kier molecular flexibility index (Phi) is 4.04. The minimum atomic E-state index is -0.482. The molecule has 19 heavy (non-hydrogen) atoms. The van der Waals surface area contributed by atoms with Crippen LogP contribution in [0.15, 0.2) is 35.4 Å². The van der Waals surface area contributed by atoms with Crippen molar-refractivity contribution in [2.75, 3.05) is 18.3 Å². The van der Waals surface area contributed by atoms with Crippen LogP contribution in [0.1, 0.15) is 6.92 Å². The monoisotopic (exact) mass is 263 g/mol. The van der Waals surface area contributed by atoms with Gasteiger partial charge < -0.3 is 4.74 Å². The zero-order valence-electron chi connectivity index (χ0n) is 10.3. The van der Waals surface area contributed by atoms with E-state index in [4.69, 9.17) is 4.74 Å². The summed E-state index contributed by atoms with van der Waals surface area (Å²) in [6, 6.07) is 1.55. The van der Waals surface area contributed by atoms with Crippen LogP contribution in [0.3, 0.4) is 0 Å². The number of anilines is 1. The molecular weight excluding hydrogens is 250 g/mol. The summed E-state index contributed by atoms with van der Waals surface area (Å²) in [7, 11) is 0. The van der Waals surface area contributed by atoms with E-state index in [1.54, 1.807) is 18.5 Å². The van der Waals surface area contributed by atoms with Gasteiger partial charge in [0.2, 0.25) is 0 Å². The van der Waals surface area contributed by atoms with E-state index in [1.807, 2.05) is 6.92 Å². The molecule has 0 radical (unpaired) electrons. The van der Waals surface area contributed by atoms with Gasteiger partial charge >= 0.3 is 5.69 Å². The van der Waals surface area contributed by atoms with Crippen LogP contribution in [0.5, 0.6) is 0 Å². The number of nitrogens with zero attached hydrogens (tertiary/aromatic N) is 4. The molecule has 1 aliphatic heterocycles. The standard InChI is InChI=1S/C11H13N5O3/c1-2-19-9-5-13-8-14-15(7-9)10-3-4-12-6-11(10)16(17)18/h3-7,14H,2,8H2,1H3. The molecular formula is C11H13N5O3. The average Bonchev–Trinajstić information content (AvgIpc) is 2.65. The number of ether oxygens (including phenoxy) is 1. The van der Waals surface area contributed by atoms with Gasteiger partial charge in [0, 0.05) is 6.20 Å². The summed E-state index contributed by atoms with van der Waals surface area (Å²) in [6.45, 7) is 2.64. The van der Waals surface area contributed by atoms with Gasteiger partial charge in [-0.1, -0.05) is 0 Å². The van der Waals surface area contributed by atoms with Crippen molar-refractivity contribution in [1.82, 2.24) is 10.4 Å². The third-order valence-electron chi connectivity index (χ3n) is 2.35. The van der Waals surface area contributed by atoms with E-state index < -0.39 is 4.92 Å². The lowest BCUT2D eigenvalue weighted by atomic mass is 10.3. The van der Waals surface area contributed by atoms with E-state index in [9.17, 15) is 10.1 Å². The van der Waals surface area contributed by atoms with E-state index in [-0.39, 0.29) is 5.69 Å². The van der Waals surface area contributed by atoms with Gasteiger partial charge in [0.25, 0.3) is 0 Å². The Hall–Kier alpha value is -2.48. The Bertz CT molecular complexity index is 529. The smallest absolute Gasteiger partial charge is 0.312 e. The predicted molar refractivity (Wildman–Crippen MR) is 69.6 cm³/mol. The lowest BCUT2D eigenvalue weighted by Gasteiger charge is -2.19. The van der Waals surface area contributed by atoms with Gasteiger partial charge in [0.05, 0.1) is 23.9 Å². The largest absolute Gasteiger partial charge is 0.491 e. The predicted octanol–water partition coefficient (Wildman–Crippen LogP) is 1.22. The molecule has 8 nitrogen and oxygen atoms in total. The van der Waals surface area contributed by atoms with Gasteiger partial charge in [-0.05, 0) is 13.0 Å². The fourth-order valence-corrected chi connectivity index (χ4v) is 1.58. The number of hydrazine groups is 1. The van der Waals surface area contributed by atoms with Crippen LogP contribution in [-0.4, -0.2) is 29.4 Å². The molecule has 0 aliphatic carbocycles. The molecule has 0 saturated heterocycles. The number of rotatable bonds is 4. The third-order valence-corrected chi connectivity index (χ3v) is 2.35. The number of aromatic nitrogens is 1. The summed E-state index contributed by atoms with van der Waals surface area (Å²) in [5.74, 6) is 0.526. The number of aliphatic imine (C=N–C) groups is 1. The van der Waals surface area contributed by atoms with Crippen LogP contribution in [0.25, 0.3) is 0 Å². The van der Waals surface area contributed by atoms with E-state index in [0.29, 0.717) is 24.7 Å². The Morgan fingerprint density at radius 2 is 2.47 bits per heavy atom. The summed E-state index contributed by atoms with van der Waals surface area (Å²) in [5, 5.41) is 12.5. The summed E-state index contributed by atoms with van der Waals surface area (Å²) >= 11 is 0. The molecule has 0 bridgehead atoms. The van der Waals surface area contributed by atoms with Crippen molar-refractivity contribution in [2.45, 2.75) is 6.92 Å². The molecule has 2 rings (SSSR count). The van der Waals surface area contributed by atoms with Crippen molar-refractivity contribution in [2.24, 2.45) is 4.99 Å². The summed E-state index contributed by atoms with van der Waals surface area (Å²) in [5.41, 5.74) is 3.21. The zero-order chi connectivity index (χ0) is 13.7. The third kappa shape index (κ3) is 3.05. The highest BCUT2D eigenvalue weighted by molar-refractivity contribution is 5.78. The van der Waals surface area contributed by atoms with Crippen LogP contribution in [0, 0.1) is 10.1 Å². The van der Waals surface area contributed by atoms with Crippen molar-refractivity contribution in [3.05, 3.63) is 40.5 Å². The van der Waals surface area contributed by atoms with Crippen LogP contribution in [-0.2, 0) is 4.74 Å². The second kappa shape index (κ2) is 5.91. The topological polar surface area (TPSA) is 92.9 Å². The summed E-state index contributed by atoms with van der Waals surface area (Å²) in [6.07, 6.45) is 5.88. The van der Waals surface area contributed by atoms with Crippen LogP contribution in [0.4, 0.5) is 11.4 Å². The second-order valence-corrected chi connectivity index (χ2v) is 3.58. The highest BCUT2D eigenvalue weighted by Crippen LogP contribution is 2.26. The van der Waals surface area contributed by atoms with E-state index in [2.05, 4.69) is 15.4 Å². The maximum absolute atomic E-state index is 11.0. The van der Waals surface area contributed by atoms with Crippen molar-refractivity contribution >= 4 is 17.6 Å². The number of nitro groups is 1. The fraction of sp³-hybridized carbons (Fsp3) is 0.273. The molecule has 1 aliphatic rings. The van der Waals surface area contributed by atoms with E-state index >= 15 is 0 Å². The lowest BCUT2D eigenvalue weighted by Crippen LogP contribution is -2.33. The zero-order valence-corrected chi connectivity index (χ0v) is 10.3. The molecule has 0 amide bonds. The minimum absolute atomic E-state index is 0.0935. The quantitative estimate of drug-likeness (QED) is 0.648. The maximum Gasteiger partial charge on any atom is 0.312 e. The van der Waals surface area contributed by atoms with Crippen molar-refractivity contribution in [1.29, 1.82) is 0 Å². The fourth-order valence-electron chi connectivity index (χ4n) is 1.58. The second-order valence-electron chi connectivity index (χ2n) is 3.58. The lowest BCUT2D eigenvalue weighted by molar-refractivity contribution is -0.384. The highest BCUT2D eigenvalue weighted by Gasteiger charge is 2.19. The molecule has 2 heterocycles. The van der Waals surface area contributed by atoms with Crippen molar-refractivity contribution < 1.29 is 9.66 Å². The first-order valence-electron chi connectivity index (χ1n) is 5.68. The normalized spacial score (nSPS) is 14.8. The molecule has 8 heteroatoms. The Labute approximate surface area is 109 Å². The van der Waals surface area contributed by atoms with Crippen molar-refractivity contribution in [3.63, 3.8) is 0 Å². The molecule has 1 aromatic rings. The first-order chi connectivity index (χ1) is 9.22. The van der Waals surface area contributed by atoms with Gasteiger partial charge in [-0.3, -0.25) is 25.1 Å². The highest BCUT2D eigenvalue weighted by atomic mass is 16.6. The van der Waals surface area contributed by atoms with Gasteiger partial charge in [0.1, 0.15) is 18.6 Å². The van der Waals surface area contributed by atoms with E-state index in [0.717, 1.165) is 0 Å². The van der Waals surface area contributed by atoms with Gasteiger partial charge in [-0.2, -0.15) is 0 Å². The first-order valence-corrected chi connectivity index (χ1v) is 5.68. The van der Waals surface area contributed by atoms with Gasteiger partial charge in [-0.15, -0.1) is 0 Å². The molecule has 0 aromatic carbocycles. The van der Waals surface area contributed by atoms with Gasteiger partial charge in [0.15, 0.2) is 5.76 Å². The Morgan fingerprint density at radius 3 is 3.21 bits per heavy atom. The van der Waals surface area contributed by atoms with Crippen LogP contribution < -0.4 is 10.4 Å². The molecule has 0 saturated carbocycles. The molecule has 1 aromatic heterocycles. The van der Waals surface area contributed by atoms with Gasteiger partial charge in [-0.25, -0.2) is 5.43 Å². The number of hydrogen-bond acceptors (Lipinski definition) is 7. The Balaban J connectivity index is 2.35. The minimum Gasteiger partial charge on any atom is -0.491 e. The molecule has 0 spiro atoms.